The normalized spacial score (nSPS) is 13.6. The number of hydrogen-bond donors (Lipinski definition) is 4. The lowest BCUT2D eigenvalue weighted by Crippen LogP contribution is -2.41. The van der Waals surface area contributed by atoms with Crippen LogP contribution in [0.25, 0.3) is 0 Å². The summed E-state index contributed by atoms with van der Waals surface area (Å²) in [6, 6.07) is 3.02. The van der Waals surface area contributed by atoms with Crippen molar-refractivity contribution in [1.29, 1.82) is 0 Å². The first-order valence-corrected chi connectivity index (χ1v) is 9.52. The molecule has 1 rings (SSSR count). The van der Waals surface area contributed by atoms with Crippen molar-refractivity contribution in [3.63, 3.8) is 0 Å². The van der Waals surface area contributed by atoms with Crippen molar-refractivity contribution in [1.82, 2.24) is 10.3 Å². The predicted molar refractivity (Wildman–Crippen MR) is 117 cm³/mol. The molecule has 1 aromatic rings. The number of halogens is 5. The molecule has 1 amide bonds. The van der Waals surface area contributed by atoms with E-state index in [0.29, 0.717) is 11.7 Å². The highest BCUT2D eigenvalue weighted by Crippen LogP contribution is 2.35. The molecule has 1 unspecified atom stereocenters. The minimum atomic E-state index is -5.77. The summed E-state index contributed by atoms with van der Waals surface area (Å²) in [4.78, 5) is 24.4. The lowest BCUT2D eigenvalue weighted by atomic mass is 10.1. The largest absolute Gasteiger partial charge is 0.473 e. The third-order valence-electron chi connectivity index (χ3n) is 3.85. The van der Waals surface area contributed by atoms with Gasteiger partial charge in [0.15, 0.2) is 12.5 Å². The highest BCUT2D eigenvalue weighted by atomic mass is 19.4. The molecule has 1 heterocycles. The fraction of sp³-hybridized carbons (Fsp3) is 0.450. The average Bonchev–Trinajstić information content (AvgIpc) is 2.75. The Morgan fingerprint density at radius 2 is 1.82 bits per heavy atom. The minimum absolute atomic E-state index is 0. The van der Waals surface area contributed by atoms with Gasteiger partial charge in [0.05, 0.1) is 11.7 Å². The van der Waals surface area contributed by atoms with Crippen molar-refractivity contribution in [3.05, 3.63) is 47.6 Å². The topological polar surface area (TPSA) is 132 Å². The van der Waals surface area contributed by atoms with Gasteiger partial charge in [0.25, 0.3) is 5.91 Å². The van der Waals surface area contributed by atoms with E-state index in [9.17, 15) is 26.7 Å². The minimum Gasteiger partial charge on any atom is -0.473 e. The number of nitrogens with two attached hydrogens (primary N) is 2. The number of nitrogens with one attached hydrogen (secondary N) is 2. The van der Waals surface area contributed by atoms with E-state index in [2.05, 4.69) is 20.4 Å². The molecule has 0 saturated heterocycles. The molecular formula is C20H32F5N5O3. The van der Waals surface area contributed by atoms with Crippen LogP contribution in [0.1, 0.15) is 35.2 Å². The second-order valence-corrected chi connectivity index (χ2v) is 7.13. The maximum atomic E-state index is 12.8. The molecule has 0 aliphatic rings. The van der Waals surface area contributed by atoms with Crippen LogP contribution in [0.3, 0.4) is 0 Å². The van der Waals surface area contributed by atoms with Crippen molar-refractivity contribution in [2.24, 2.45) is 17.4 Å². The Hall–Kier alpha value is -3.38. The van der Waals surface area contributed by atoms with Gasteiger partial charge < -0.3 is 31.6 Å². The number of allylic oxidation sites excluding steroid dienone is 2. The van der Waals surface area contributed by atoms with Gasteiger partial charge in [0, 0.05) is 15.6 Å². The van der Waals surface area contributed by atoms with Crippen LogP contribution < -0.4 is 22.1 Å². The van der Waals surface area contributed by atoms with Crippen LogP contribution in [-0.4, -0.2) is 42.9 Å². The Morgan fingerprint density at radius 3 is 2.36 bits per heavy atom. The van der Waals surface area contributed by atoms with Crippen molar-refractivity contribution >= 4 is 18.5 Å². The Kier molecular flexibility index (Phi) is 11.9. The number of rotatable bonds is 10. The second-order valence-electron chi connectivity index (χ2n) is 7.13. The predicted octanol–water partition coefficient (Wildman–Crippen LogP) is 3.49. The third kappa shape index (κ3) is 10.7. The van der Waals surface area contributed by atoms with Crippen molar-refractivity contribution in [3.8, 4) is 0 Å². The fourth-order valence-electron chi connectivity index (χ4n) is 2.04. The molecule has 0 fully saturated rings. The molecule has 0 saturated carbocycles. The average molecular weight is 485 g/mol. The van der Waals surface area contributed by atoms with E-state index >= 15 is 0 Å². The SMILES string of the molecule is C=O.CC(C)CNc1cc(C(C)NC(=O)/C(N)=C/C=C(\N)OCC(F)(F)C(F)(F)F)ccn1.[HH].[HH]. The Bertz CT molecular complexity index is 840. The highest BCUT2D eigenvalue weighted by molar-refractivity contribution is 5.93. The van der Waals surface area contributed by atoms with E-state index in [1.54, 1.807) is 25.3 Å². The number of aromatic nitrogens is 1. The van der Waals surface area contributed by atoms with Crippen LogP contribution in [0, 0.1) is 5.92 Å². The van der Waals surface area contributed by atoms with Crippen molar-refractivity contribution < 1.29 is 39.1 Å². The quantitative estimate of drug-likeness (QED) is 0.173. The molecule has 0 spiro atoms. The molecule has 0 aromatic carbocycles. The van der Waals surface area contributed by atoms with Gasteiger partial charge in [0.2, 0.25) is 0 Å². The Morgan fingerprint density at radius 1 is 1.21 bits per heavy atom. The summed E-state index contributed by atoms with van der Waals surface area (Å²) in [5.41, 5.74) is 11.2. The van der Waals surface area contributed by atoms with E-state index in [4.69, 9.17) is 16.3 Å². The lowest BCUT2D eigenvalue weighted by Gasteiger charge is -2.19. The number of alkyl halides is 5. The van der Waals surface area contributed by atoms with Crippen molar-refractivity contribution in [2.45, 2.75) is 38.9 Å². The number of hydrogen-bond acceptors (Lipinski definition) is 7. The molecule has 190 valence electrons. The first-order valence-electron chi connectivity index (χ1n) is 9.52. The standard InChI is InChI=1S/C19H26F5N5O2.CH2O.2H2/c1-11(2)9-28-16-8-13(6-7-27-16)12(3)29-17(30)14(25)4-5-15(26)31-10-18(20,21)19(22,23)24;1-2;;/h4-8,11-12H,9-10,25-26H2,1-3H3,(H,27,28)(H,29,30);1H2;2*1H/b14-4-,15-5+;;;. The zero-order chi connectivity index (χ0) is 25.8. The lowest BCUT2D eigenvalue weighted by molar-refractivity contribution is -0.293. The van der Waals surface area contributed by atoms with Crippen LogP contribution in [0.4, 0.5) is 27.8 Å². The summed E-state index contributed by atoms with van der Waals surface area (Å²) in [7, 11) is 0. The van der Waals surface area contributed by atoms with Gasteiger partial charge in [-0.25, -0.2) is 4.98 Å². The Balaban J connectivity index is -0.00000249. The van der Waals surface area contributed by atoms with Crippen molar-refractivity contribution in [2.75, 3.05) is 18.5 Å². The molecule has 6 N–H and O–H groups in total. The van der Waals surface area contributed by atoms with E-state index < -0.39 is 36.5 Å². The molecule has 0 radical (unpaired) electrons. The molecule has 13 heteroatoms. The molecule has 8 nitrogen and oxygen atoms in total. The molecule has 0 aliphatic carbocycles. The van der Waals surface area contributed by atoms with Gasteiger partial charge in [0.1, 0.15) is 12.6 Å². The van der Waals surface area contributed by atoms with Gasteiger partial charge in [-0.2, -0.15) is 22.0 Å². The van der Waals surface area contributed by atoms with Crippen LogP contribution in [-0.2, 0) is 14.3 Å². The monoisotopic (exact) mass is 485 g/mol. The van der Waals surface area contributed by atoms with Crippen LogP contribution >= 0.6 is 0 Å². The van der Waals surface area contributed by atoms with E-state index in [1.165, 1.54) is 0 Å². The zero-order valence-electron chi connectivity index (χ0n) is 18.4. The first-order chi connectivity index (χ1) is 15.2. The van der Waals surface area contributed by atoms with Crippen LogP contribution in [0.15, 0.2) is 42.1 Å². The Labute approximate surface area is 191 Å². The number of amides is 1. The van der Waals surface area contributed by atoms with Gasteiger partial charge in [-0.1, -0.05) is 13.8 Å². The summed E-state index contributed by atoms with van der Waals surface area (Å²) in [5.74, 6) is -5.48. The number of ether oxygens (including phenoxy) is 1. The molecule has 0 aliphatic heterocycles. The molecule has 1 atom stereocenters. The van der Waals surface area contributed by atoms with E-state index in [-0.39, 0.29) is 8.55 Å². The van der Waals surface area contributed by atoms with Crippen LogP contribution in [0.5, 0.6) is 0 Å². The fourth-order valence-corrected chi connectivity index (χ4v) is 2.04. The number of anilines is 1. The summed E-state index contributed by atoms with van der Waals surface area (Å²) in [6.45, 7) is 6.52. The number of carbonyl (C=O) groups excluding carboxylic acids is 2. The number of carbonyl (C=O) groups is 2. The van der Waals surface area contributed by atoms with Crippen LogP contribution in [0.2, 0.25) is 0 Å². The maximum absolute atomic E-state index is 12.8. The van der Waals surface area contributed by atoms with E-state index in [1.807, 2.05) is 20.6 Å². The second kappa shape index (κ2) is 13.2. The number of nitrogens with zero attached hydrogens (tertiary/aromatic N) is 1. The highest BCUT2D eigenvalue weighted by Gasteiger charge is 2.58. The molecular weight excluding hydrogens is 453 g/mol. The summed E-state index contributed by atoms with van der Waals surface area (Å²) < 4.78 is 66.0. The third-order valence-corrected chi connectivity index (χ3v) is 3.85. The maximum Gasteiger partial charge on any atom is 0.456 e. The summed E-state index contributed by atoms with van der Waals surface area (Å²) in [5, 5.41) is 5.78. The smallest absolute Gasteiger partial charge is 0.456 e. The van der Waals surface area contributed by atoms with E-state index in [0.717, 1.165) is 24.3 Å². The van der Waals surface area contributed by atoms with Gasteiger partial charge in [-0.15, -0.1) is 0 Å². The molecule has 1 aromatic heterocycles. The van der Waals surface area contributed by atoms with Gasteiger partial charge in [-0.3, -0.25) is 4.79 Å². The zero-order valence-corrected chi connectivity index (χ0v) is 18.4. The van der Waals surface area contributed by atoms with Gasteiger partial charge in [-0.05, 0) is 42.7 Å². The first kappa shape index (κ1) is 29.6. The summed E-state index contributed by atoms with van der Waals surface area (Å²) >= 11 is 0. The summed E-state index contributed by atoms with van der Waals surface area (Å²) in [6.07, 6.45) is -2.44. The number of pyridine rings is 1. The molecule has 0 bridgehead atoms. The van der Waals surface area contributed by atoms with Gasteiger partial charge >= 0.3 is 12.1 Å². The molecule has 33 heavy (non-hydrogen) atoms.